The van der Waals surface area contributed by atoms with Gasteiger partial charge in [-0.05, 0) is 37.0 Å². The number of carbonyl (C=O) groups excluding carboxylic acids is 1. The van der Waals surface area contributed by atoms with E-state index in [1.54, 1.807) is 0 Å². The van der Waals surface area contributed by atoms with E-state index < -0.39 is 17.6 Å². The van der Waals surface area contributed by atoms with Crippen LogP contribution in [-0.4, -0.2) is 29.0 Å². The molecule has 1 saturated heterocycles. The number of aromatic nitrogens is 2. The minimum absolute atomic E-state index is 0.0659. The van der Waals surface area contributed by atoms with Crippen molar-refractivity contribution < 1.29 is 18.0 Å². The molecule has 1 amide bonds. The van der Waals surface area contributed by atoms with Gasteiger partial charge in [0.25, 0.3) is 5.91 Å². The highest BCUT2D eigenvalue weighted by atomic mass is 35.5. The van der Waals surface area contributed by atoms with Crippen molar-refractivity contribution in [3.8, 4) is 0 Å². The molecule has 0 aliphatic carbocycles. The first-order valence-corrected chi connectivity index (χ1v) is 8.87. The maximum Gasteiger partial charge on any atom is 0.418 e. The Bertz CT molecular complexity index is 818. The Kier molecular flexibility index (Phi) is 5.55. The van der Waals surface area contributed by atoms with E-state index in [4.69, 9.17) is 11.6 Å². The second-order valence-electron chi connectivity index (χ2n) is 6.58. The molecule has 0 saturated carbocycles. The molecule has 2 aromatic rings. The highest BCUT2D eigenvalue weighted by molar-refractivity contribution is 6.30. The zero-order valence-electron chi connectivity index (χ0n) is 14.6. The van der Waals surface area contributed by atoms with Gasteiger partial charge in [-0.1, -0.05) is 18.5 Å². The molecular weight excluding hydrogens is 381 g/mol. The molecule has 144 valence electrons. The van der Waals surface area contributed by atoms with E-state index in [0.29, 0.717) is 11.9 Å². The molecule has 0 atom stereocenters. The van der Waals surface area contributed by atoms with Gasteiger partial charge in [0.05, 0.1) is 16.8 Å². The van der Waals surface area contributed by atoms with Crippen molar-refractivity contribution in [1.29, 1.82) is 0 Å². The summed E-state index contributed by atoms with van der Waals surface area (Å²) in [5.74, 6) is 0.455. The number of alkyl halides is 3. The molecule has 0 unspecified atom stereocenters. The Morgan fingerprint density at radius 1 is 1.22 bits per heavy atom. The second kappa shape index (κ2) is 7.72. The fourth-order valence-electron chi connectivity index (χ4n) is 2.86. The number of hydrogen-bond donors (Lipinski definition) is 1. The molecule has 5 nitrogen and oxygen atoms in total. The van der Waals surface area contributed by atoms with Gasteiger partial charge in [0.2, 0.25) is 5.95 Å². The van der Waals surface area contributed by atoms with Crippen LogP contribution in [0.5, 0.6) is 0 Å². The molecule has 0 spiro atoms. The van der Waals surface area contributed by atoms with Crippen molar-refractivity contribution >= 4 is 29.1 Å². The van der Waals surface area contributed by atoms with Crippen molar-refractivity contribution in [3.05, 3.63) is 46.7 Å². The van der Waals surface area contributed by atoms with E-state index in [1.165, 1.54) is 18.5 Å². The van der Waals surface area contributed by atoms with Crippen LogP contribution in [0.25, 0.3) is 0 Å². The van der Waals surface area contributed by atoms with Crippen LogP contribution >= 0.6 is 11.6 Å². The van der Waals surface area contributed by atoms with Gasteiger partial charge in [-0.3, -0.25) is 4.79 Å². The van der Waals surface area contributed by atoms with Gasteiger partial charge in [0.15, 0.2) is 0 Å². The lowest BCUT2D eigenvalue weighted by molar-refractivity contribution is -0.136. The Hall–Kier alpha value is -2.35. The average molecular weight is 399 g/mol. The predicted molar refractivity (Wildman–Crippen MR) is 97.1 cm³/mol. The first-order valence-electron chi connectivity index (χ1n) is 8.49. The quantitative estimate of drug-likeness (QED) is 0.818. The second-order valence-corrected chi connectivity index (χ2v) is 7.02. The average Bonchev–Trinajstić information content (AvgIpc) is 2.63. The summed E-state index contributed by atoms with van der Waals surface area (Å²) >= 11 is 5.64. The van der Waals surface area contributed by atoms with Crippen molar-refractivity contribution in [2.75, 3.05) is 23.3 Å². The van der Waals surface area contributed by atoms with E-state index in [0.717, 1.165) is 38.1 Å². The molecule has 1 aliphatic rings. The molecule has 1 aromatic heterocycles. The minimum atomic E-state index is -4.64. The standard InChI is InChI=1S/C18H18ClF3N4O/c1-11-4-6-26(7-5-11)17-23-9-12(10-24-17)16(27)25-15-3-2-13(19)8-14(15)18(20,21)22/h2-3,8-11H,4-7H2,1H3,(H,25,27). The number of benzene rings is 1. The molecule has 3 rings (SSSR count). The number of piperidine rings is 1. The summed E-state index contributed by atoms with van der Waals surface area (Å²) in [5.41, 5.74) is -1.30. The third-order valence-corrected chi connectivity index (χ3v) is 4.74. The number of nitrogens with zero attached hydrogens (tertiary/aromatic N) is 3. The van der Waals surface area contributed by atoms with E-state index in [9.17, 15) is 18.0 Å². The highest BCUT2D eigenvalue weighted by Gasteiger charge is 2.34. The highest BCUT2D eigenvalue weighted by Crippen LogP contribution is 2.36. The Morgan fingerprint density at radius 3 is 2.44 bits per heavy atom. The first kappa shape index (κ1) is 19.4. The first-order chi connectivity index (χ1) is 12.7. The third kappa shape index (κ3) is 4.68. The number of nitrogens with one attached hydrogen (secondary N) is 1. The number of halogens is 4. The van der Waals surface area contributed by atoms with Crippen LogP contribution in [0.1, 0.15) is 35.7 Å². The lowest BCUT2D eigenvalue weighted by Gasteiger charge is -2.30. The van der Waals surface area contributed by atoms with Crippen molar-refractivity contribution in [2.24, 2.45) is 5.92 Å². The molecule has 1 aliphatic heterocycles. The van der Waals surface area contributed by atoms with E-state index in [1.807, 2.05) is 4.90 Å². The van der Waals surface area contributed by atoms with Gasteiger partial charge in [0, 0.05) is 30.5 Å². The van der Waals surface area contributed by atoms with Gasteiger partial charge >= 0.3 is 6.18 Å². The number of carbonyl (C=O) groups is 1. The van der Waals surface area contributed by atoms with E-state index >= 15 is 0 Å². The van der Waals surface area contributed by atoms with Crippen molar-refractivity contribution in [1.82, 2.24) is 9.97 Å². The third-order valence-electron chi connectivity index (χ3n) is 4.50. The zero-order valence-corrected chi connectivity index (χ0v) is 15.3. The van der Waals surface area contributed by atoms with Crippen LogP contribution < -0.4 is 10.2 Å². The van der Waals surface area contributed by atoms with Crippen LogP contribution in [0.15, 0.2) is 30.6 Å². The number of hydrogen-bond acceptors (Lipinski definition) is 4. The lowest BCUT2D eigenvalue weighted by Crippen LogP contribution is -2.34. The number of rotatable bonds is 3. The summed E-state index contributed by atoms with van der Waals surface area (Å²) in [4.78, 5) is 22.7. The summed E-state index contributed by atoms with van der Waals surface area (Å²) in [5, 5.41) is 2.19. The molecule has 27 heavy (non-hydrogen) atoms. The fourth-order valence-corrected chi connectivity index (χ4v) is 3.04. The van der Waals surface area contributed by atoms with Gasteiger partial charge < -0.3 is 10.2 Å². The maximum absolute atomic E-state index is 13.1. The lowest BCUT2D eigenvalue weighted by atomic mass is 10.00. The molecular formula is C18H18ClF3N4O. The summed E-state index contributed by atoms with van der Waals surface area (Å²) in [7, 11) is 0. The maximum atomic E-state index is 13.1. The number of amides is 1. The minimum Gasteiger partial charge on any atom is -0.341 e. The van der Waals surface area contributed by atoms with Crippen molar-refractivity contribution in [3.63, 3.8) is 0 Å². The van der Waals surface area contributed by atoms with Gasteiger partial charge in [-0.15, -0.1) is 0 Å². The summed E-state index contributed by atoms with van der Waals surface area (Å²) in [6.45, 7) is 3.87. The van der Waals surface area contributed by atoms with Gasteiger partial charge in [-0.2, -0.15) is 13.2 Å². The zero-order chi connectivity index (χ0) is 19.6. The number of anilines is 2. The Balaban J connectivity index is 1.74. The van der Waals surface area contributed by atoms with Crippen LogP contribution in [0.3, 0.4) is 0 Å². The molecule has 0 bridgehead atoms. The van der Waals surface area contributed by atoms with E-state index in [-0.39, 0.29) is 16.3 Å². The molecule has 1 aromatic carbocycles. The van der Waals surface area contributed by atoms with Crippen LogP contribution in [0.4, 0.5) is 24.8 Å². The van der Waals surface area contributed by atoms with Crippen LogP contribution in [0, 0.1) is 5.92 Å². The van der Waals surface area contributed by atoms with E-state index in [2.05, 4.69) is 22.2 Å². The Morgan fingerprint density at radius 2 is 1.85 bits per heavy atom. The van der Waals surface area contributed by atoms with Crippen LogP contribution in [0.2, 0.25) is 5.02 Å². The predicted octanol–water partition coefficient (Wildman–Crippen LogP) is 4.64. The molecule has 1 fully saturated rings. The Labute approximate surface area is 159 Å². The fraction of sp³-hybridized carbons (Fsp3) is 0.389. The van der Waals surface area contributed by atoms with Gasteiger partial charge in [0.1, 0.15) is 0 Å². The van der Waals surface area contributed by atoms with Crippen LogP contribution in [-0.2, 0) is 6.18 Å². The smallest absolute Gasteiger partial charge is 0.341 e. The summed E-state index contributed by atoms with van der Waals surface area (Å²) in [6.07, 6.45) is 0.0851. The summed E-state index contributed by atoms with van der Waals surface area (Å²) < 4.78 is 39.4. The molecule has 1 N–H and O–H groups in total. The SMILES string of the molecule is CC1CCN(c2ncc(C(=O)Nc3ccc(Cl)cc3C(F)(F)F)cn2)CC1. The largest absolute Gasteiger partial charge is 0.418 e. The molecule has 2 heterocycles. The van der Waals surface area contributed by atoms with Gasteiger partial charge in [-0.25, -0.2) is 9.97 Å². The molecule has 9 heteroatoms. The topological polar surface area (TPSA) is 58.1 Å². The summed E-state index contributed by atoms with van der Waals surface area (Å²) in [6, 6.07) is 3.17. The van der Waals surface area contributed by atoms with Crippen molar-refractivity contribution in [2.45, 2.75) is 25.9 Å². The molecule has 0 radical (unpaired) electrons. The normalized spacial score (nSPS) is 15.7. The monoisotopic (exact) mass is 398 g/mol.